The van der Waals surface area contributed by atoms with Crippen molar-refractivity contribution in [3.05, 3.63) is 29.8 Å². The van der Waals surface area contributed by atoms with E-state index in [1.165, 1.54) is 6.92 Å². The van der Waals surface area contributed by atoms with Gasteiger partial charge in [0.2, 0.25) is 11.8 Å². The Morgan fingerprint density at radius 1 is 1.11 bits per heavy atom. The SMILES string of the molecule is CC(=O)N[C@@H](C(=O)N1CCCN(c2ccccc2C#N)CC1)C1CCCC1. The minimum absolute atomic E-state index is 0.0486. The van der Waals surface area contributed by atoms with Gasteiger partial charge in [0.05, 0.1) is 11.3 Å². The number of anilines is 1. The van der Waals surface area contributed by atoms with Crippen molar-refractivity contribution in [2.75, 3.05) is 31.1 Å². The van der Waals surface area contributed by atoms with Gasteiger partial charge in [-0.3, -0.25) is 9.59 Å². The molecule has 2 amide bonds. The molecular formula is C21H28N4O2. The van der Waals surface area contributed by atoms with Gasteiger partial charge >= 0.3 is 0 Å². The number of hydrogen-bond acceptors (Lipinski definition) is 4. The number of carbonyl (C=O) groups excluding carboxylic acids is 2. The Bertz CT molecular complexity index is 721. The van der Waals surface area contributed by atoms with E-state index in [0.29, 0.717) is 25.2 Å². The van der Waals surface area contributed by atoms with Crippen molar-refractivity contribution in [2.24, 2.45) is 5.92 Å². The van der Waals surface area contributed by atoms with Crippen LogP contribution >= 0.6 is 0 Å². The Kier molecular flexibility index (Phi) is 6.33. The summed E-state index contributed by atoms with van der Waals surface area (Å²) in [6.45, 7) is 4.30. The van der Waals surface area contributed by atoms with Gasteiger partial charge in [-0.25, -0.2) is 0 Å². The number of nitriles is 1. The van der Waals surface area contributed by atoms with Crippen LogP contribution in [0.25, 0.3) is 0 Å². The van der Waals surface area contributed by atoms with Crippen LogP contribution in [0.15, 0.2) is 24.3 Å². The summed E-state index contributed by atoms with van der Waals surface area (Å²) in [7, 11) is 0. The Hall–Kier alpha value is -2.55. The number of amides is 2. The van der Waals surface area contributed by atoms with Crippen molar-refractivity contribution in [1.29, 1.82) is 5.26 Å². The zero-order chi connectivity index (χ0) is 19.2. The topological polar surface area (TPSA) is 76.4 Å². The molecule has 0 bridgehead atoms. The van der Waals surface area contributed by atoms with E-state index in [0.717, 1.165) is 44.3 Å². The lowest BCUT2D eigenvalue weighted by molar-refractivity contribution is -0.137. The Morgan fingerprint density at radius 2 is 1.85 bits per heavy atom. The third-order valence-corrected chi connectivity index (χ3v) is 5.67. The molecular weight excluding hydrogens is 340 g/mol. The highest BCUT2D eigenvalue weighted by atomic mass is 16.2. The maximum absolute atomic E-state index is 13.2. The van der Waals surface area contributed by atoms with Gasteiger partial charge in [0.15, 0.2) is 0 Å². The van der Waals surface area contributed by atoms with Gasteiger partial charge in [0, 0.05) is 33.1 Å². The molecule has 1 saturated heterocycles. The maximum Gasteiger partial charge on any atom is 0.245 e. The highest BCUT2D eigenvalue weighted by Crippen LogP contribution is 2.29. The van der Waals surface area contributed by atoms with E-state index in [4.69, 9.17) is 0 Å². The van der Waals surface area contributed by atoms with E-state index in [1.54, 1.807) is 0 Å². The molecule has 1 atom stereocenters. The van der Waals surface area contributed by atoms with E-state index < -0.39 is 6.04 Å². The van der Waals surface area contributed by atoms with Crippen LogP contribution in [0.1, 0.15) is 44.6 Å². The molecule has 1 saturated carbocycles. The standard InChI is InChI=1S/C21H28N4O2/c1-16(26)23-20(17-7-2-3-8-17)21(27)25-12-6-11-24(13-14-25)19-10-5-4-9-18(19)15-22/h4-5,9-10,17,20H,2-3,6-8,11-14H2,1H3,(H,23,26)/t20-/m1/s1. The molecule has 0 aromatic heterocycles. The van der Waals surface area contributed by atoms with Crippen molar-refractivity contribution in [2.45, 2.75) is 45.1 Å². The molecule has 27 heavy (non-hydrogen) atoms. The number of rotatable bonds is 4. The van der Waals surface area contributed by atoms with Crippen molar-refractivity contribution in [3.8, 4) is 6.07 Å². The van der Waals surface area contributed by atoms with Gasteiger partial charge in [-0.2, -0.15) is 5.26 Å². The predicted octanol–water partition coefficient (Wildman–Crippen LogP) is 2.29. The van der Waals surface area contributed by atoms with E-state index in [2.05, 4.69) is 16.3 Å². The second-order valence-corrected chi connectivity index (χ2v) is 7.52. The third kappa shape index (κ3) is 4.60. The van der Waals surface area contributed by atoms with Crippen LogP contribution in [-0.4, -0.2) is 48.9 Å². The van der Waals surface area contributed by atoms with E-state index in [1.807, 2.05) is 29.2 Å². The summed E-state index contributed by atoms with van der Waals surface area (Å²) in [6, 6.07) is 9.46. The van der Waals surface area contributed by atoms with Crippen molar-refractivity contribution < 1.29 is 9.59 Å². The summed E-state index contributed by atoms with van der Waals surface area (Å²) in [6.07, 6.45) is 5.13. The summed E-state index contributed by atoms with van der Waals surface area (Å²) in [5.74, 6) is 0.159. The Morgan fingerprint density at radius 3 is 2.56 bits per heavy atom. The van der Waals surface area contributed by atoms with Gasteiger partial charge in [0.1, 0.15) is 12.1 Å². The Balaban J connectivity index is 1.69. The lowest BCUT2D eigenvalue weighted by atomic mass is 9.96. The Labute approximate surface area is 161 Å². The molecule has 6 heteroatoms. The molecule has 1 aromatic rings. The van der Waals surface area contributed by atoms with E-state index in [9.17, 15) is 14.9 Å². The summed E-state index contributed by atoms with van der Waals surface area (Å²) >= 11 is 0. The molecule has 2 aliphatic rings. The largest absolute Gasteiger partial charge is 0.369 e. The van der Waals surface area contributed by atoms with Crippen LogP contribution < -0.4 is 10.2 Å². The molecule has 1 aliphatic heterocycles. The average molecular weight is 368 g/mol. The van der Waals surface area contributed by atoms with E-state index in [-0.39, 0.29) is 17.7 Å². The predicted molar refractivity (Wildman–Crippen MR) is 104 cm³/mol. The van der Waals surface area contributed by atoms with Crippen LogP contribution in [0.3, 0.4) is 0 Å². The molecule has 1 aromatic carbocycles. The normalized spacial score (nSPS) is 19.3. The first-order valence-corrected chi connectivity index (χ1v) is 9.90. The molecule has 1 heterocycles. The first kappa shape index (κ1) is 19.2. The fraction of sp³-hybridized carbons (Fsp3) is 0.571. The molecule has 144 valence electrons. The monoisotopic (exact) mass is 368 g/mol. The first-order valence-electron chi connectivity index (χ1n) is 9.90. The number of nitrogens with zero attached hydrogens (tertiary/aromatic N) is 3. The number of para-hydroxylation sites is 1. The number of benzene rings is 1. The summed E-state index contributed by atoms with van der Waals surface area (Å²) < 4.78 is 0. The fourth-order valence-electron chi connectivity index (χ4n) is 4.31. The van der Waals surface area contributed by atoms with Crippen LogP contribution in [0.4, 0.5) is 5.69 Å². The van der Waals surface area contributed by atoms with Gasteiger partial charge in [-0.05, 0) is 37.3 Å². The lowest BCUT2D eigenvalue weighted by Crippen LogP contribution is -2.52. The van der Waals surface area contributed by atoms with Gasteiger partial charge in [0.25, 0.3) is 0 Å². The minimum atomic E-state index is -0.400. The van der Waals surface area contributed by atoms with E-state index >= 15 is 0 Å². The average Bonchev–Trinajstić information content (AvgIpc) is 3.09. The van der Waals surface area contributed by atoms with Crippen LogP contribution in [-0.2, 0) is 9.59 Å². The lowest BCUT2D eigenvalue weighted by Gasteiger charge is -2.30. The number of nitrogens with one attached hydrogen (secondary N) is 1. The zero-order valence-electron chi connectivity index (χ0n) is 16.0. The molecule has 0 spiro atoms. The molecule has 0 unspecified atom stereocenters. The summed E-state index contributed by atoms with van der Waals surface area (Å²) in [5.41, 5.74) is 1.60. The van der Waals surface area contributed by atoms with Crippen LogP contribution in [0, 0.1) is 17.2 Å². The molecule has 6 nitrogen and oxygen atoms in total. The molecule has 1 aliphatic carbocycles. The summed E-state index contributed by atoms with van der Waals surface area (Å²) in [5, 5.41) is 12.3. The van der Waals surface area contributed by atoms with Gasteiger partial charge < -0.3 is 15.1 Å². The highest BCUT2D eigenvalue weighted by Gasteiger charge is 2.34. The minimum Gasteiger partial charge on any atom is -0.369 e. The second-order valence-electron chi connectivity index (χ2n) is 7.52. The second kappa shape index (κ2) is 8.90. The van der Waals surface area contributed by atoms with Crippen LogP contribution in [0.2, 0.25) is 0 Å². The summed E-state index contributed by atoms with van der Waals surface area (Å²) in [4.78, 5) is 28.9. The van der Waals surface area contributed by atoms with Crippen molar-refractivity contribution >= 4 is 17.5 Å². The van der Waals surface area contributed by atoms with Crippen molar-refractivity contribution in [3.63, 3.8) is 0 Å². The van der Waals surface area contributed by atoms with Gasteiger partial charge in [-0.15, -0.1) is 0 Å². The third-order valence-electron chi connectivity index (χ3n) is 5.67. The fourth-order valence-corrected chi connectivity index (χ4v) is 4.31. The van der Waals surface area contributed by atoms with Crippen molar-refractivity contribution in [1.82, 2.24) is 10.2 Å². The molecule has 3 rings (SSSR count). The first-order chi connectivity index (χ1) is 13.1. The number of hydrogen-bond donors (Lipinski definition) is 1. The maximum atomic E-state index is 13.2. The molecule has 2 fully saturated rings. The zero-order valence-corrected chi connectivity index (χ0v) is 16.0. The smallest absolute Gasteiger partial charge is 0.245 e. The molecule has 1 N–H and O–H groups in total. The quantitative estimate of drug-likeness (QED) is 0.885. The highest BCUT2D eigenvalue weighted by molar-refractivity contribution is 5.87. The van der Waals surface area contributed by atoms with Gasteiger partial charge in [-0.1, -0.05) is 25.0 Å². The molecule has 0 radical (unpaired) electrons. The number of carbonyl (C=O) groups is 2. The van der Waals surface area contributed by atoms with Crippen LogP contribution in [0.5, 0.6) is 0 Å².